The molecule has 0 radical (unpaired) electrons. The van der Waals surface area contributed by atoms with Crippen LogP contribution < -0.4 is 28.4 Å². The molecule has 8 heteroatoms. The number of hydrogen-bond acceptors (Lipinski definition) is 8. The zero-order chi connectivity index (χ0) is 57.7. The quantitative estimate of drug-likeness (QED) is 0.0834. The van der Waals surface area contributed by atoms with Gasteiger partial charge in [-0.2, -0.15) is 0 Å². The molecule has 0 bridgehead atoms. The second-order valence-electron chi connectivity index (χ2n) is 23.3. The van der Waals surface area contributed by atoms with E-state index in [9.17, 15) is 4.79 Å². The lowest BCUT2D eigenvalue weighted by molar-refractivity contribution is 0.0450. The van der Waals surface area contributed by atoms with Gasteiger partial charge in [0, 0.05) is 55.0 Å². The molecular weight excluding hydrogens is 1040 g/mol. The molecule has 416 valence electrons. The summed E-state index contributed by atoms with van der Waals surface area (Å²) in [7, 11) is 5.15. The van der Waals surface area contributed by atoms with Gasteiger partial charge in [0.2, 0.25) is 0 Å². The molecule has 1 atom stereocenters. The number of rotatable bonds is 13. The van der Waals surface area contributed by atoms with Crippen LogP contribution in [0.25, 0.3) is 56.0 Å². The molecule has 2 heterocycles. The second kappa shape index (κ2) is 19.8. The first-order chi connectivity index (χ1) is 40.8. The number of benzene rings is 10. The van der Waals surface area contributed by atoms with Crippen molar-refractivity contribution >= 4 is 39.7 Å². The Morgan fingerprint density at radius 3 is 1.50 bits per heavy atom. The third kappa shape index (κ3) is 7.90. The highest BCUT2D eigenvalue weighted by Crippen LogP contribution is 2.61. The Morgan fingerprint density at radius 1 is 0.464 bits per heavy atom. The van der Waals surface area contributed by atoms with Gasteiger partial charge in [0.15, 0.2) is 11.2 Å². The number of carbonyl (C=O) groups excluding carboxylic acids is 1. The highest BCUT2D eigenvalue weighted by atomic mass is 16.6. The fourth-order valence-electron chi connectivity index (χ4n) is 14.0. The van der Waals surface area contributed by atoms with E-state index >= 15 is 0 Å². The predicted octanol–water partition coefficient (Wildman–Crippen LogP) is 17.1. The highest BCUT2D eigenvalue weighted by Gasteiger charge is 2.47. The smallest absolute Gasteiger partial charge is 0.338 e. The van der Waals surface area contributed by atoms with Crippen molar-refractivity contribution in [2.45, 2.75) is 63.1 Å². The summed E-state index contributed by atoms with van der Waals surface area (Å²) in [6, 6.07) is 62.3. The SMILES string of the molecule is CCc1cc2c3c(c4c(c2cc1OC)OC(c1ccccc1)(c1ccccc1)C=C4)C(C)(C)c1cc(C(=O)OCCOc2ccc(C4(c5ccccc5)C=Cc5c6c(c7ccc(OC)cc7c5O4)-c4ccc(OC)cc4C6(C)C)cc2)ccc1-3. The third-order valence-electron chi connectivity index (χ3n) is 18.2. The van der Waals surface area contributed by atoms with Gasteiger partial charge >= 0.3 is 5.97 Å². The van der Waals surface area contributed by atoms with Gasteiger partial charge in [0.25, 0.3) is 0 Å². The van der Waals surface area contributed by atoms with Crippen LogP contribution in [0.15, 0.2) is 194 Å². The van der Waals surface area contributed by atoms with E-state index in [2.05, 4.69) is 174 Å². The van der Waals surface area contributed by atoms with E-state index in [4.69, 9.17) is 33.2 Å². The average Bonchev–Trinajstić information content (AvgIpc) is 1.67. The largest absolute Gasteiger partial charge is 0.497 e. The Labute approximate surface area is 490 Å². The summed E-state index contributed by atoms with van der Waals surface area (Å²) in [5.41, 5.74) is 14.1. The molecule has 2 aliphatic carbocycles. The molecule has 84 heavy (non-hydrogen) atoms. The van der Waals surface area contributed by atoms with E-state index in [0.717, 1.165) is 118 Å². The summed E-state index contributed by atoms with van der Waals surface area (Å²) in [5, 5.41) is 4.11. The van der Waals surface area contributed by atoms with Crippen molar-refractivity contribution in [3.05, 3.63) is 261 Å². The van der Waals surface area contributed by atoms with Gasteiger partial charge in [-0.15, -0.1) is 0 Å². The van der Waals surface area contributed by atoms with Crippen LogP contribution in [0.5, 0.6) is 34.5 Å². The van der Waals surface area contributed by atoms with Gasteiger partial charge in [-0.05, 0) is 146 Å². The monoisotopic (exact) mass is 1100 g/mol. The van der Waals surface area contributed by atoms with Crippen LogP contribution >= 0.6 is 0 Å². The number of ether oxygens (including phenoxy) is 7. The Bertz CT molecular complexity index is 4330. The van der Waals surface area contributed by atoms with Crippen molar-refractivity contribution in [2.24, 2.45) is 0 Å². The van der Waals surface area contributed by atoms with Crippen molar-refractivity contribution < 1.29 is 38.0 Å². The molecule has 8 nitrogen and oxygen atoms in total. The first-order valence-corrected chi connectivity index (χ1v) is 28.9. The molecule has 1 unspecified atom stereocenters. The van der Waals surface area contributed by atoms with Gasteiger partial charge in [0.05, 0.1) is 26.9 Å². The lowest BCUT2D eigenvalue weighted by Crippen LogP contribution is -2.35. The molecule has 2 aliphatic heterocycles. The van der Waals surface area contributed by atoms with E-state index in [1.54, 1.807) is 21.3 Å². The van der Waals surface area contributed by atoms with E-state index in [1.165, 1.54) is 22.3 Å². The maximum absolute atomic E-state index is 14.1. The van der Waals surface area contributed by atoms with Crippen LogP contribution in [0, 0.1) is 0 Å². The molecule has 14 rings (SSSR count). The molecule has 10 aromatic carbocycles. The Kier molecular flexibility index (Phi) is 12.4. The maximum Gasteiger partial charge on any atom is 0.338 e. The lowest BCUT2D eigenvalue weighted by atomic mass is 9.76. The fraction of sp³-hybridized carbons (Fsp3) is 0.197. The molecule has 10 aromatic rings. The molecule has 0 N–H and O–H groups in total. The van der Waals surface area contributed by atoms with Gasteiger partial charge in [0.1, 0.15) is 47.7 Å². The first-order valence-electron chi connectivity index (χ1n) is 28.9. The Morgan fingerprint density at radius 2 is 0.952 bits per heavy atom. The van der Waals surface area contributed by atoms with Gasteiger partial charge < -0.3 is 33.2 Å². The fourth-order valence-corrected chi connectivity index (χ4v) is 14.0. The van der Waals surface area contributed by atoms with E-state index < -0.39 is 22.6 Å². The number of fused-ring (bicyclic) bond motifs is 16. The summed E-state index contributed by atoms with van der Waals surface area (Å²) in [5.74, 6) is 4.21. The maximum atomic E-state index is 14.1. The van der Waals surface area contributed by atoms with Crippen molar-refractivity contribution in [3.63, 3.8) is 0 Å². The first kappa shape index (κ1) is 52.5. The highest BCUT2D eigenvalue weighted by molar-refractivity contribution is 6.11. The van der Waals surface area contributed by atoms with Crippen LogP contribution in [-0.4, -0.2) is 40.5 Å². The third-order valence-corrected chi connectivity index (χ3v) is 18.2. The van der Waals surface area contributed by atoms with Crippen LogP contribution in [0.3, 0.4) is 0 Å². The molecule has 0 aromatic heterocycles. The molecule has 0 fully saturated rings. The van der Waals surface area contributed by atoms with Gasteiger partial charge in [-0.1, -0.05) is 162 Å². The second-order valence-corrected chi connectivity index (χ2v) is 23.3. The summed E-state index contributed by atoms with van der Waals surface area (Å²) in [6.07, 6.45) is 9.67. The summed E-state index contributed by atoms with van der Waals surface area (Å²) in [4.78, 5) is 14.1. The number of carbonyl (C=O) groups is 1. The number of aryl methyl sites for hydroxylation is 1. The van der Waals surface area contributed by atoms with E-state index in [-0.39, 0.29) is 18.6 Å². The van der Waals surface area contributed by atoms with Crippen LogP contribution in [0.1, 0.15) is 106 Å². The molecule has 0 amide bonds. The van der Waals surface area contributed by atoms with Crippen LogP contribution in [0.4, 0.5) is 0 Å². The topological polar surface area (TPSA) is 81.7 Å². The van der Waals surface area contributed by atoms with Gasteiger partial charge in [-0.25, -0.2) is 4.79 Å². The van der Waals surface area contributed by atoms with Crippen molar-refractivity contribution in [2.75, 3.05) is 34.5 Å². The number of hydrogen-bond donors (Lipinski definition) is 0. The lowest BCUT2D eigenvalue weighted by Gasteiger charge is -2.38. The summed E-state index contributed by atoms with van der Waals surface area (Å²) in [6.45, 7) is 11.4. The minimum atomic E-state index is -0.989. The van der Waals surface area contributed by atoms with Crippen LogP contribution in [0.2, 0.25) is 0 Å². The minimum Gasteiger partial charge on any atom is -0.497 e. The zero-order valence-corrected chi connectivity index (χ0v) is 48.5. The van der Waals surface area contributed by atoms with Crippen molar-refractivity contribution in [3.8, 4) is 56.8 Å². The molecule has 0 saturated heterocycles. The van der Waals surface area contributed by atoms with Crippen LogP contribution in [-0.2, 0) is 33.2 Å². The summed E-state index contributed by atoms with van der Waals surface area (Å²) < 4.78 is 45.0. The standard InChI is InChI=1S/C76H64O8/c1-9-46-41-60-62(45-65(46)80-8)71-59(35-37-75(84-71,48-19-13-10-14-20-48)49-21-15-11-16-22-49)69-67(60)56-32-25-47(42-63(56)73(69,2)3)72(77)82-40-39-81-52-28-26-51(27-29-52)76(50-23-17-12-18-24-50)38-36-58-68-66(55-33-30-53(78-6)43-61(55)70(58)83-76)57-34-31-54(79-7)44-64(57)74(68,4)5/h10-38,41-45H,9,39-40H2,1-8H3. The van der Waals surface area contributed by atoms with E-state index in [1.807, 2.05) is 66.7 Å². The van der Waals surface area contributed by atoms with E-state index in [0.29, 0.717) is 11.3 Å². The molecule has 0 saturated carbocycles. The predicted molar refractivity (Wildman–Crippen MR) is 334 cm³/mol. The normalized spacial score (nSPS) is 16.7. The minimum absolute atomic E-state index is 0.0538. The zero-order valence-electron chi connectivity index (χ0n) is 48.5. The molecule has 4 aliphatic rings. The number of methoxy groups -OCH3 is 3. The van der Waals surface area contributed by atoms with Crippen molar-refractivity contribution in [1.29, 1.82) is 0 Å². The summed E-state index contributed by atoms with van der Waals surface area (Å²) >= 11 is 0. The Hall–Kier alpha value is -9.53. The number of esters is 1. The van der Waals surface area contributed by atoms with Crippen molar-refractivity contribution in [1.82, 2.24) is 0 Å². The Balaban J connectivity index is 0.739. The molecule has 0 spiro atoms. The molecular formula is C76H64O8. The van der Waals surface area contributed by atoms with Gasteiger partial charge in [-0.3, -0.25) is 0 Å². The average molecular weight is 1110 g/mol.